The first kappa shape index (κ1) is 20.9. The lowest BCUT2D eigenvalue weighted by Gasteiger charge is -2.14. The Morgan fingerprint density at radius 1 is 1.00 bits per heavy atom. The molecule has 1 atom stereocenters. The van der Waals surface area contributed by atoms with Crippen molar-refractivity contribution < 1.29 is 14.3 Å². The number of alkyl carbamates (subject to hydrolysis) is 1. The van der Waals surface area contributed by atoms with Gasteiger partial charge in [-0.15, -0.1) is 0 Å². The van der Waals surface area contributed by atoms with Crippen LogP contribution >= 0.6 is 34.8 Å². The molecule has 1 heterocycles. The van der Waals surface area contributed by atoms with Crippen molar-refractivity contribution in [3.05, 3.63) is 86.9 Å². The van der Waals surface area contributed by atoms with Gasteiger partial charge < -0.3 is 14.8 Å². The summed E-state index contributed by atoms with van der Waals surface area (Å²) in [5.74, 6) is 0.716. The molecule has 0 fully saturated rings. The maximum absolute atomic E-state index is 12.0. The Hall–Kier alpha value is -2.40. The van der Waals surface area contributed by atoms with Crippen LogP contribution in [0.25, 0.3) is 11.1 Å². The minimum absolute atomic E-state index is 0.216. The molecular formula is C23H18Cl3NO3. The van der Waals surface area contributed by atoms with Crippen molar-refractivity contribution in [1.82, 2.24) is 5.32 Å². The van der Waals surface area contributed by atoms with Crippen LogP contribution in [0.4, 0.5) is 4.79 Å². The molecule has 1 aliphatic rings. The van der Waals surface area contributed by atoms with Crippen LogP contribution in [0.5, 0.6) is 5.75 Å². The van der Waals surface area contributed by atoms with Gasteiger partial charge in [0.15, 0.2) is 0 Å². The van der Waals surface area contributed by atoms with Gasteiger partial charge >= 0.3 is 6.09 Å². The van der Waals surface area contributed by atoms with Gasteiger partial charge in [0.05, 0.1) is 11.6 Å². The van der Waals surface area contributed by atoms with Gasteiger partial charge in [-0.2, -0.15) is 0 Å². The van der Waals surface area contributed by atoms with Crippen LogP contribution in [0.15, 0.2) is 60.7 Å². The molecule has 0 radical (unpaired) electrons. The van der Waals surface area contributed by atoms with Crippen molar-refractivity contribution in [2.75, 3.05) is 6.54 Å². The summed E-state index contributed by atoms with van der Waals surface area (Å²) >= 11 is 18.7. The normalized spacial score (nSPS) is 14.7. The van der Waals surface area contributed by atoms with Crippen molar-refractivity contribution in [2.45, 2.75) is 19.1 Å². The molecule has 30 heavy (non-hydrogen) atoms. The summed E-state index contributed by atoms with van der Waals surface area (Å²) in [4.78, 5) is 12.0. The van der Waals surface area contributed by atoms with Crippen LogP contribution in [0, 0.1) is 0 Å². The number of carbonyl (C=O) groups is 1. The Kier molecular flexibility index (Phi) is 6.38. The molecule has 154 valence electrons. The molecular weight excluding hydrogens is 445 g/mol. The first-order valence-electron chi connectivity index (χ1n) is 9.38. The average molecular weight is 463 g/mol. The first-order chi connectivity index (χ1) is 14.5. The second kappa shape index (κ2) is 9.17. The molecule has 4 nitrogen and oxygen atoms in total. The minimum Gasteiger partial charge on any atom is -0.487 e. The number of hydrogen-bond donors (Lipinski definition) is 1. The number of ether oxygens (including phenoxy) is 2. The average Bonchev–Trinajstić information content (AvgIpc) is 3.14. The second-order valence-electron chi connectivity index (χ2n) is 6.95. The number of hydrogen-bond acceptors (Lipinski definition) is 3. The quantitative estimate of drug-likeness (QED) is 0.468. The third kappa shape index (κ3) is 4.84. The number of halogens is 3. The van der Waals surface area contributed by atoms with E-state index in [2.05, 4.69) is 5.32 Å². The van der Waals surface area contributed by atoms with Gasteiger partial charge in [0, 0.05) is 33.2 Å². The zero-order chi connectivity index (χ0) is 21.1. The van der Waals surface area contributed by atoms with E-state index < -0.39 is 6.09 Å². The Balaban J connectivity index is 1.41. The zero-order valence-electron chi connectivity index (χ0n) is 15.8. The third-order valence-corrected chi connectivity index (χ3v) is 5.54. The molecule has 4 rings (SSSR count). The Morgan fingerprint density at radius 3 is 2.57 bits per heavy atom. The van der Waals surface area contributed by atoms with Gasteiger partial charge in [-0.1, -0.05) is 71.2 Å². The highest BCUT2D eigenvalue weighted by molar-refractivity contribution is 6.36. The van der Waals surface area contributed by atoms with Crippen molar-refractivity contribution >= 4 is 40.9 Å². The first-order valence-corrected chi connectivity index (χ1v) is 10.5. The van der Waals surface area contributed by atoms with Crippen molar-refractivity contribution in [3.8, 4) is 16.9 Å². The smallest absolute Gasteiger partial charge is 0.407 e. The van der Waals surface area contributed by atoms with Crippen LogP contribution in [-0.4, -0.2) is 18.7 Å². The van der Waals surface area contributed by atoms with Crippen molar-refractivity contribution in [2.24, 2.45) is 0 Å². The fourth-order valence-electron chi connectivity index (χ4n) is 3.39. The van der Waals surface area contributed by atoms with Crippen LogP contribution in [0.3, 0.4) is 0 Å². The van der Waals surface area contributed by atoms with E-state index in [1.807, 2.05) is 48.5 Å². The van der Waals surface area contributed by atoms with Gasteiger partial charge in [0.2, 0.25) is 0 Å². The zero-order valence-corrected chi connectivity index (χ0v) is 18.1. The number of benzene rings is 3. The maximum atomic E-state index is 12.0. The molecule has 0 saturated carbocycles. The fourth-order valence-corrected chi connectivity index (χ4v) is 4.14. The number of fused-ring (bicyclic) bond motifs is 1. The predicted octanol–water partition coefficient (Wildman–Crippen LogP) is 6.54. The Bertz CT molecular complexity index is 1070. The van der Waals surface area contributed by atoms with Crippen molar-refractivity contribution in [1.29, 1.82) is 0 Å². The van der Waals surface area contributed by atoms with E-state index in [9.17, 15) is 4.79 Å². The molecule has 1 N–H and O–H groups in total. The maximum Gasteiger partial charge on any atom is 0.407 e. The van der Waals surface area contributed by atoms with E-state index in [0.29, 0.717) is 33.8 Å². The van der Waals surface area contributed by atoms with Crippen LogP contribution in [-0.2, 0) is 17.8 Å². The van der Waals surface area contributed by atoms with E-state index in [-0.39, 0.29) is 12.7 Å². The third-order valence-electron chi connectivity index (χ3n) is 4.77. The highest BCUT2D eigenvalue weighted by Crippen LogP contribution is 2.43. The van der Waals surface area contributed by atoms with Crippen LogP contribution in [0.2, 0.25) is 15.1 Å². The molecule has 1 amide bonds. The topological polar surface area (TPSA) is 47.6 Å². The lowest BCUT2D eigenvalue weighted by molar-refractivity contribution is 0.133. The number of amides is 1. The molecule has 0 aliphatic carbocycles. The van der Waals surface area contributed by atoms with Gasteiger partial charge in [0.1, 0.15) is 18.5 Å². The van der Waals surface area contributed by atoms with Gasteiger partial charge in [0.25, 0.3) is 0 Å². The molecule has 0 bridgehead atoms. The molecule has 0 aromatic heterocycles. The van der Waals surface area contributed by atoms with Gasteiger partial charge in [-0.05, 0) is 29.8 Å². The van der Waals surface area contributed by atoms with E-state index >= 15 is 0 Å². The van der Waals surface area contributed by atoms with E-state index in [4.69, 9.17) is 44.3 Å². The summed E-state index contributed by atoms with van der Waals surface area (Å²) in [7, 11) is 0. The lowest BCUT2D eigenvalue weighted by Crippen LogP contribution is -2.34. The predicted molar refractivity (Wildman–Crippen MR) is 120 cm³/mol. The summed E-state index contributed by atoms with van der Waals surface area (Å²) in [5, 5.41) is 4.42. The van der Waals surface area contributed by atoms with Crippen LogP contribution < -0.4 is 10.1 Å². The summed E-state index contributed by atoms with van der Waals surface area (Å²) < 4.78 is 11.4. The lowest BCUT2D eigenvalue weighted by atomic mass is 10.0. The molecule has 1 unspecified atom stereocenters. The monoisotopic (exact) mass is 461 g/mol. The molecule has 3 aromatic carbocycles. The highest BCUT2D eigenvalue weighted by atomic mass is 35.5. The highest BCUT2D eigenvalue weighted by Gasteiger charge is 2.27. The summed E-state index contributed by atoms with van der Waals surface area (Å²) in [6.45, 7) is 0.529. The molecule has 1 aliphatic heterocycles. The number of rotatable bonds is 5. The van der Waals surface area contributed by atoms with E-state index in [0.717, 1.165) is 22.3 Å². The largest absolute Gasteiger partial charge is 0.487 e. The van der Waals surface area contributed by atoms with Gasteiger partial charge in [-0.3, -0.25) is 0 Å². The van der Waals surface area contributed by atoms with Crippen molar-refractivity contribution in [3.63, 3.8) is 0 Å². The molecule has 7 heteroatoms. The van der Waals surface area contributed by atoms with E-state index in [1.54, 1.807) is 12.1 Å². The second-order valence-corrected chi connectivity index (χ2v) is 8.23. The van der Waals surface area contributed by atoms with E-state index in [1.165, 1.54) is 0 Å². The summed E-state index contributed by atoms with van der Waals surface area (Å²) in [6, 6.07) is 18.5. The molecule has 3 aromatic rings. The van der Waals surface area contributed by atoms with Gasteiger partial charge in [-0.25, -0.2) is 4.79 Å². The number of nitrogens with one attached hydrogen (secondary N) is 1. The standard InChI is InChI=1S/C23H18Cl3NO3/c24-16-6-7-19(21(26)11-16)20-10-17(25)8-15-9-18(30-22(15)20)12-27-23(28)29-13-14-4-2-1-3-5-14/h1-8,10-11,18H,9,12-13H2,(H,27,28). The minimum atomic E-state index is -0.489. The fraction of sp³-hybridized carbons (Fsp3) is 0.174. The number of carbonyl (C=O) groups excluding carboxylic acids is 1. The molecule has 0 spiro atoms. The van der Waals surface area contributed by atoms with Crippen LogP contribution in [0.1, 0.15) is 11.1 Å². The Labute approximate surface area is 189 Å². The Morgan fingerprint density at radius 2 is 1.80 bits per heavy atom. The molecule has 0 saturated heterocycles. The summed E-state index contributed by atoms with van der Waals surface area (Å²) in [5.41, 5.74) is 3.48. The SMILES string of the molecule is O=C(NCC1Cc2cc(Cl)cc(-c3ccc(Cl)cc3Cl)c2O1)OCc1ccccc1. The summed E-state index contributed by atoms with van der Waals surface area (Å²) in [6.07, 6.45) is -0.0995.